The van der Waals surface area contributed by atoms with Gasteiger partial charge in [0.15, 0.2) is 0 Å². The van der Waals surface area contributed by atoms with E-state index < -0.39 is 7.94 Å². The summed E-state index contributed by atoms with van der Waals surface area (Å²) in [7, 11) is -1.97. The van der Waals surface area contributed by atoms with Crippen molar-refractivity contribution in [2.75, 3.05) is 6.61 Å². The van der Waals surface area contributed by atoms with Crippen molar-refractivity contribution in [3.8, 4) is 0 Å². The molecule has 0 N–H and O–H groups in total. The van der Waals surface area contributed by atoms with Crippen LogP contribution < -0.4 is 0 Å². The van der Waals surface area contributed by atoms with E-state index in [-0.39, 0.29) is 0 Å². The van der Waals surface area contributed by atoms with E-state index in [0.717, 1.165) is 6.61 Å². The molecule has 7 heavy (non-hydrogen) atoms. The molecule has 0 aliphatic heterocycles. The minimum absolute atomic E-state index is 0.885. The van der Waals surface area contributed by atoms with Crippen molar-refractivity contribution in [3.63, 3.8) is 0 Å². The molecule has 0 bridgehead atoms. The molecule has 0 heterocycles. The Kier molecular flexibility index (Phi) is 6.84. The number of hydrogen-bond acceptors (Lipinski definition) is 1. The molecule has 0 saturated heterocycles. The number of halogens is 3. The Bertz CT molecular complexity index is 51.4. The van der Waals surface area contributed by atoms with Gasteiger partial charge in [0.1, 0.15) is 0 Å². The van der Waals surface area contributed by atoms with Gasteiger partial charge >= 0.3 is 78.7 Å². The van der Waals surface area contributed by atoms with Gasteiger partial charge in [0.05, 0.1) is 0 Å². The Morgan fingerprint density at radius 1 is 1.43 bits per heavy atom. The molecule has 0 aromatic rings. The maximum atomic E-state index is 5.41. The summed E-state index contributed by atoms with van der Waals surface area (Å²) in [5, 5.41) is 0. The fraction of sp³-hybridized carbons (Fsp3) is 1.00. The van der Waals surface area contributed by atoms with Crippen LogP contribution in [0.15, 0.2) is 0 Å². The molecule has 0 aliphatic carbocycles. The molecule has 0 atom stereocenters. The normalized spacial score (nSPS) is 12.0. The van der Waals surface area contributed by atoms with Gasteiger partial charge in [0, 0.05) is 0 Å². The first-order valence-corrected chi connectivity index (χ1v) is 33.8. The van der Waals surface area contributed by atoms with Crippen LogP contribution in [0, 0.1) is 0 Å². The Labute approximate surface area is 76.6 Å². The Hall–Kier alpha value is 3.02. The fourth-order valence-electron chi connectivity index (χ4n) is 0.164. The summed E-state index contributed by atoms with van der Waals surface area (Å²) in [5.41, 5.74) is 0. The third kappa shape index (κ3) is 9.02. The van der Waals surface area contributed by atoms with E-state index in [9.17, 15) is 0 Å². The average molecular weight is 604 g/mol. The van der Waals surface area contributed by atoms with Crippen LogP contribution in [-0.4, -0.2) is 6.61 Å². The van der Waals surface area contributed by atoms with E-state index in [4.69, 9.17) is 2.85 Å². The second kappa shape index (κ2) is 4.78. The molecule has 0 aromatic carbocycles. The molecule has 0 aromatic heterocycles. The summed E-state index contributed by atoms with van der Waals surface area (Å²) in [4.78, 5) is 0. The predicted molar refractivity (Wildman–Crippen MR) is 53.7 cm³/mol. The van der Waals surface area contributed by atoms with Crippen LogP contribution in [0.3, 0.4) is 0 Å². The van der Waals surface area contributed by atoms with Crippen LogP contribution in [0.25, 0.3) is 0 Å². The van der Waals surface area contributed by atoms with Gasteiger partial charge in [-0.3, -0.25) is 0 Å². The topological polar surface area (TPSA) is 9.23 Å². The van der Waals surface area contributed by atoms with E-state index in [1.807, 2.05) is 6.92 Å². The van der Waals surface area contributed by atoms with Gasteiger partial charge in [-0.1, -0.05) is 0 Å². The van der Waals surface area contributed by atoms with Crippen molar-refractivity contribution in [1.82, 2.24) is 0 Å². The van der Waals surface area contributed by atoms with E-state index in [2.05, 4.69) is 54.4 Å². The third-order valence-corrected chi connectivity index (χ3v) is 10.2. The van der Waals surface area contributed by atoms with E-state index >= 15 is 0 Å². The first kappa shape index (κ1) is 10.0. The Balaban J connectivity index is 3.15. The molecule has 0 spiro atoms. The van der Waals surface area contributed by atoms with Crippen molar-refractivity contribution in [3.05, 3.63) is 0 Å². The quantitative estimate of drug-likeness (QED) is 0.348. The summed E-state index contributed by atoms with van der Waals surface area (Å²) in [6.45, 7) is 2.93. The molecule has 44 valence electrons. The summed E-state index contributed by atoms with van der Waals surface area (Å²) in [5.74, 6) is 0. The molecule has 0 rings (SSSR count). The summed E-state index contributed by atoms with van der Waals surface area (Å²) < 4.78 is 5.41. The second-order valence-corrected chi connectivity index (χ2v) is 93.1. The Morgan fingerprint density at radius 3 is 1.86 bits per heavy atom. The summed E-state index contributed by atoms with van der Waals surface area (Å²) >= 11 is 7.35. The van der Waals surface area contributed by atoms with Gasteiger partial charge in [0.2, 0.25) is 0 Å². The molecular formula is C2H5HfI3O. The van der Waals surface area contributed by atoms with Gasteiger partial charge in [-0.25, -0.2) is 0 Å². The van der Waals surface area contributed by atoms with Crippen molar-refractivity contribution >= 4 is 54.4 Å². The van der Waals surface area contributed by atoms with Crippen LogP contribution in [-0.2, 0) is 10.8 Å². The molecular weight excluding hydrogens is 599 g/mol. The molecule has 0 unspecified atom stereocenters. The van der Waals surface area contributed by atoms with Crippen LogP contribution in [0.1, 0.15) is 6.92 Å². The minimum atomic E-state index is -1.97. The second-order valence-electron chi connectivity index (χ2n) is 0.879. The molecule has 1 nitrogen and oxygen atoms in total. The molecule has 0 aliphatic rings. The number of rotatable bonds is 2. The molecule has 0 amide bonds. The van der Waals surface area contributed by atoms with Gasteiger partial charge in [-0.05, 0) is 0 Å². The van der Waals surface area contributed by atoms with E-state index in [1.54, 1.807) is 0 Å². The van der Waals surface area contributed by atoms with Crippen LogP contribution >= 0.6 is 54.4 Å². The Morgan fingerprint density at radius 2 is 1.86 bits per heavy atom. The van der Waals surface area contributed by atoms with Crippen LogP contribution in [0.5, 0.6) is 0 Å². The molecule has 0 fully saturated rings. The van der Waals surface area contributed by atoms with Gasteiger partial charge in [0.25, 0.3) is 0 Å². The predicted octanol–water partition coefficient (Wildman–Crippen LogP) is 3.14. The summed E-state index contributed by atoms with van der Waals surface area (Å²) in [6, 6.07) is 0. The average Bonchev–Trinajstić information content (AvgIpc) is 1.30. The fourth-order valence-corrected chi connectivity index (χ4v) is 8.99. The first-order chi connectivity index (χ1) is 3.06. The van der Waals surface area contributed by atoms with E-state index in [1.165, 1.54) is 0 Å². The maximum absolute atomic E-state index is 5.41. The monoisotopic (exact) mass is 606 g/mol. The molecule has 0 saturated carbocycles. The van der Waals surface area contributed by atoms with E-state index in [0.29, 0.717) is 0 Å². The third-order valence-electron chi connectivity index (χ3n) is 0.308. The number of hydrogen-bond donors (Lipinski definition) is 0. The van der Waals surface area contributed by atoms with Gasteiger partial charge < -0.3 is 0 Å². The van der Waals surface area contributed by atoms with Crippen LogP contribution in [0.2, 0.25) is 0 Å². The first-order valence-electron chi connectivity index (χ1n) is 1.77. The zero-order chi connectivity index (χ0) is 5.91. The zero-order valence-corrected chi connectivity index (χ0v) is 13.8. The van der Waals surface area contributed by atoms with Gasteiger partial charge in [-0.15, -0.1) is 0 Å². The van der Waals surface area contributed by atoms with Crippen molar-refractivity contribution in [2.45, 2.75) is 6.92 Å². The zero-order valence-electron chi connectivity index (χ0n) is 3.75. The standard InChI is InChI=1S/C2H5O.Hf.3HI/c1-2-3;;;;/h2H2,1H3;;3*1H/q-1;+4;;;/p-3. The van der Waals surface area contributed by atoms with Gasteiger partial charge in [-0.2, -0.15) is 0 Å². The van der Waals surface area contributed by atoms with Crippen molar-refractivity contribution < 1.29 is 10.8 Å². The van der Waals surface area contributed by atoms with Crippen LogP contribution in [0.4, 0.5) is 0 Å². The SMILES string of the molecule is CC[O][Hf]([I])([I])[I]. The van der Waals surface area contributed by atoms with Crippen molar-refractivity contribution in [1.29, 1.82) is 0 Å². The van der Waals surface area contributed by atoms with Crippen molar-refractivity contribution in [2.24, 2.45) is 0 Å². The molecule has 5 heteroatoms. The summed E-state index contributed by atoms with van der Waals surface area (Å²) in [6.07, 6.45) is 0. The molecule has 0 radical (unpaired) electrons.